The van der Waals surface area contributed by atoms with Crippen molar-refractivity contribution in [3.8, 4) is 0 Å². The first-order valence-electron chi connectivity index (χ1n) is 1.27. The minimum absolute atomic E-state index is 1.47. The zero-order valence-corrected chi connectivity index (χ0v) is 3.83. The second-order valence-corrected chi connectivity index (χ2v) is 0.816. The van der Waals surface area contributed by atoms with Gasteiger partial charge in [-0.1, -0.05) is 12.2 Å². The Morgan fingerprint density at radius 3 is 2.40 bits per heavy atom. The minimum atomic E-state index is 1.47. The summed E-state index contributed by atoms with van der Waals surface area (Å²) in [4.78, 5) is 3.57. The molecule has 0 spiro atoms. The van der Waals surface area contributed by atoms with Gasteiger partial charge in [-0.3, -0.25) is 4.99 Å². The van der Waals surface area contributed by atoms with Crippen LogP contribution in [0.25, 0.3) is 0 Å². The largest absolute Gasteiger partial charge is 0.296 e. The number of aliphatic imine (C=N–C) groups is 1. The van der Waals surface area contributed by atoms with E-state index in [1.807, 2.05) is 0 Å². The molecule has 0 N–H and O–H groups in total. The number of rotatable bonds is 1. The molecule has 2 heteroatoms. The van der Waals surface area contributed by atoms with Crippen molar-refractivity contribution in [2.45, 2.75) is 0 Å². The molecule has 28 valence electrons. The molecule has 0 radical (unpaired) electrons. The van der Waals surface area contributed by atoms with Gasteiger partial charge in [-0.05, 0) is 0 Å². The smallest absolute Gasteiger partial charge is 0.0316 e. The molecule has 0 aliphatic rings. The van der Waals surface area contributed by atoms with Crippen molar-refractivity contribution in [3.05, 3.63) is 0 Å². The molecule has 0 saturated carbocycles. The summed E-state index contributed by atoms with van der Waals surface area (Å²) in [5.74, 6) is 0. The predicted molar refractivity (Wildman–Crippen MR) is 28.1 cm³/mol. The van der Waals surface area contributed by atoms with E-state index in [1.54, 1.807) is 13.3 Å². The molecule has 0 aromatic heterocycles. The van der Waals surface area contributed by atoms with Crippen molar-refractivity contribution in [1.29, 1.82) is 0 Å². The lowest BCUT2D eigenvalue weighted by atomic mass is 10.9. The lowest BCUT2D eigenvalue weighted by molar-refractivity contribution is 1.48. The van der Waals surface area contributed by atoms with Crippen LogP contribution in [0, 0.1) is 0 Å². The number of thiocarbonyl (C=S) groups is 1. The fourth-order valence-corrected chi connectivity index (χ4v) is 0.183. The van der Waals surface area contributed by atoms with Crippen LogP contribution >= 0.6 is 12.2 Å². The molecule has 0 amide bonds. The number of nitrogens with zero attached hydrogens (tertiary/aromatic N) is 1. The molecule has 0 rings (SSSR count). The molecule has 0 atom stereocenters. The highest BCUT2D eigenvalue weighted by Crippen LogP contribution is 1.44. The monoisotopic (exact) mass is 87.0 g/mol. The molecule has 0 aliphatic carbocycles. The zero-order chi connectivity index (χ0) is 4.12. The van der Waals surface area contributed by atoms with E-state index in [9.17, 15) is 0 Å². The van der Waals surface area contributed by atoms with Gasteiger partial charge in [0.15, 0.2) is 0 Å². The third kappa shape index (κ3) is 3.76. The van der Waals surface area contributed by atoms with Gasteiger partial charge in [-0.25, -0.2) is 0 Å². The van der Waals surface area contributed by atoms with E-state index in [4.69, 9.17) is 0 Å². The lowest BCUT2D eigenvalue weighted by Crippen LogP contribution is -1.62. The van der Waals surface area contributed by atoms with Crippen LogP contribution in [0.5, 0.6) is 0 Å². The van der Waals surface area contributed by atoms with Gasteiger partial charge < -0.3 is 0 Å². The van der Waals surface area contributed by atoms with E-state index in [-0.39, 0.29) is 0 Å². The molecular formula is C3H5NS. The van der Waals surface area contributed by atoms with E-state index in [0.29, 0.717) is 0 Å². The van der Waals surface area contributed by atoms with Crippen molar-refractivity contribution >= 4 is 23.8 Å². The Bertz CT molecular complexity index is 48.9. The Kier molecular flexibility index (Phi) is 3.58. The van der Waals surface area contributed by atoms with Crippen LogP contribution in [0.15, 0.2) is 4.99 Å². The summed E-state index contributed by atoms with van der Waals surface area (Å²) in [5.41, 5.74) is 0. The average Bonchev–Trinajstić information content (AvgIpc) is 1.41. The molecule has 0 unspecified atom stereocenters. The maximum atomic E-state index is 4.38. The predicted octanol–water partition coefficient (Wildman–Crippen LogP) is 0.687. The normalized spacial score (nSPS) is 9.00. The minimum Gasteiger partial charge on any atom is -0.296 e. The van der Waals surface area contributed by atoms with E-state index in [0.717, 1.165) is 0 Å². The second kappa shape index (κ2) is 3.76. The van der Waals surface area contributed by atoms with E-state index < -0.39 is 0 Å². The van der Waals surface area contributed by atoms with Gasteiger partial charge in [0.2, 0.25) is 0 Å². The van der Waals surface area contributed by atoms with E-state index in [2.05, 4.69) is 17.2 Å². The number of hydrogen-bond donors (Lipinski definition) is 0. The molecule has 5 heavy (non-hydrogen) atoms. The summed E-state index contributed by atoms with van der Waals surface area (Å²) in [7, 11) is 1.68. The van der Waals surface area contributed by atoms with Gasteiger partial charge in [0.25, 0.3) is 0 Å². The Hall–Kier alpha value is -0.240. The Morgan fingerprint density at radius 2 is 2.40 bits per heavy atom. The average molecular weight is 87.1 g/mol. The molecule has 0 aromatic rings. The van der Waals surface area contributed by atoms with Gasteiger partial charge in [-0.2, -0.15) is 0 Å². The fraction of sp³-hybridized carbons (Fsp3) is 0.333. The summed E-state index contributed by atoms with van der Waals surface area (Å²) in [6.07, 6.45) is 1.56. The van der Waals surface area contributed by atoms with Crippen LogP contribution in [0.4, 0.5) is 0 Å². The van der Waals surface area contributed by atoms with Crippen molar-refractivity contribution in [3.63, 3.8) is 0 Å². The first-order chi connectivity index (χ1) is 2.41. The van der Waals surface area contributed by atoms with Crippen molar-refractivity contribution < 1.29 is 0 Å². The van der Waals surface area contributed by atoms with Crippen LogP contribution in [-0.4, -0.2) is 18.6 Å². The summed E-state index contributed by atoms with van der Waals surface area (Å²) in [5, 5.41) is 1.47. The lowest BCUT2D eigenvalue weighted by Gasteiger charge is -1.56. The van der Waals surface area contributed by atoms with E-state index >= 15 is 0 Å². The molecule has 0 saturated heterocycles. The Labute approximate surface area is 36.7 Å². The summed E-state index contributed by atoms with van der Waals surface area (Å²) in [6, 6.07) is 0. The maximum absolute atomic E-state index is 4.38. The van der Waals surface area contributed by atoms with Crippen LogP contribution in [0.2, 0.25) is 0 Å². The maximum Gasteiger partial charge on any atom is 0.0316 e. The Morgan fingerprint density at radius 1 is 1.80 bits per heavy atom. The molecule has 1 nitrogen and oxygen atoms in total. The van der Waals surface area contributed by atoms with Crippen LogP contribution < -0.4 is 0 Å². The SMILES string of the molecule is CN=CC=S. The summed E-state index contributed by atoms with van der Waals surface area (Å²) < 4.78 is 0. The van der Waals surface area contributed by atoms with Gasteiger partial charge in [-0.15, -0.1) is 0 Å². The molecule has 0 fully saturated rings. The van der Waals surface area contributed by atoms with Crippen LogP contribution in [0.1, 0.15) is 0 Å². The van der Waals surface area contributed by atoms with Crippen molar-refractivity contribution in [2.75, 3.05) is 7.05 Å². The molecule has 0 aromatic carbocycles. The third-order valence-electron chi connectivity index (χ3n) is 0.210. The topological polar surface area (TPSA) is 12.4 Å². The fourth-order valence-electron chi connectivity index (χ4n) is 0.0609. The molecule has 0 bridgehead atoms. The van der Waals surface area contributed by atoms with Crippen LogP contribution in [-0.2, 0) is 0 Å². The van der Waals surface area contributed by atoms with Gasteiger partial charge in [0.1, 0.15) is 0 Å². The third-order valence-corrected chi connectivity index (χ3v) is 0.332. The van der Waals surface area contributed by atoms with Gasteiger partial charge >= 0.3 is 0 Å². The Balaban J connectivity index is 2.92. The zero-order valence-electron chi connectivity index (χ0n) is 3.01. The highest BCUT2D eigenvalue weighted by atomic mass is 32.1. The summed E-state index contributed by atoms with van der Waals surface area (Å²) >= 11 is 4.38. The highest BCUT2D eigenvalue weighted by Gasteiger charge is 1.44. The molecular weight excluding hydrogens is 82.1 g/mol. The quantitative estimate of drug-likeness (QED) is 0.338. The van der Waals surface area contributed by atoms with Crippen LogP contribution in [0.3, 0.4) is 0 Å². The number of hydrogen-bond acceptors (Lipinski definition) is 2. The van der Waals surface area contributed by atoms with Crippen molar-refractivity contribution in [1.82, 2.24) is 0 Å². The van der Waals surface area contributed by atoms with Gasteiger partial charge in [0.05, 0.1) is 0 Å². The second-order valence-electron chi connectivity index (χ2n) is 0.543. The first-order valence-corrected chi connectivity index (χ1v) is 1.75. The van der Waals surface area contributed by atoms with Crippen molar-refractivity contribution in [2.24, 2.45) is 4.99 Å². The molecule has 0 aliphatic heterocycles. The molecule has 0 heterocycles. The highest BCUT2D eigenvalue weighted by molar-refractivity contribution is 7.80. The standard InChI is InChI=1S/C3H5NS/c1-4-2-3-5/h2-3H,1H3. The van der Waals surface area contributed by atoms with Gasteiger partial charge in [0, 0.05) is 18.6 Å². The summed E-state index contributed by atoms with van der Waals surface area (Å²) in [6.45, 7) is 0. The first kappa shape index (κ1) is 4.76. The van der Waals surface area contributed by atoms with E-state index in [1.165, 1.54) is 5.37 Å².